The highest BCUT2D eigenvalue weighted by molar-refractivity contribution is 7.17. The molecule has 2 aromatic heterocycles. The number of benzene rings is 1. The number of aryl methyl sites for hydroxylation is 2. The molecular formula is C12H11NS. The summed E-state index contributed by atoms with van der Waals surface area (Å²) in [5, 5.41) is 5.05. The quantitative estimate of drug-likeness (QED) is 0.566. The van der Waals surface area contributed by atoms with Crippen LogP contribution in [0.5, 0.6) is 0 Å². The first kappa shape index (κ1) is 8.06. The van der Waals surface area contributed by atoms with Gasteiger partial charge in [-0.3, -0.25) is 0 Å². The molecule has 0 unspecified atom stereocenters. The van der Waals surface area contributed by atoms with Gasteiger partial charge < -0.3 is 4.98 Å². The lowest BCUT2D eigenvalue weighted by molar-refractivity contribution is 1.43. The summed E-state index contributed by atoms with van der Waals surface area (Å²) in [6.45, 7) is 4.35. The first-order valence-electron chi connectivity index (χ1n) is 4.72. The molecule has 0 aliphatic carbocycles. The highest BCUT2D eigenvalue weighted by Crippen LogP contribution is 2.33. The van der Waals surface area contributed by atoms with E-state index >= 15 is 0 Å². The Morgan fingerprint density at radius 3 is 2.79 bits per heavy atom. The number of aromatic amines is 1. The number of hydrogen-bond donors (Lipinski definition) is 1. The van der Waals surface area contributed by atoms with Gasteiger partial charge in [0.25, 0.3) is 0 Å². The van der Waals surface area contributed by atoms with Crippen LogP contribution in [0.15, 0.2) is 23.7 Å². The van der Waals surface area contributed by atoms with E-state index in [2.05, 4.69) is 42.5 Å². The van der Waals surface area contributed by atoms with Gasteiger partial charge in [-0.05, 0) is 42.5 Å². The Morgan fingerprint density at radius 2 is 1.93 bits per heavy atom. The van der Waals surface area contributed by atoms with Crippen molar-refractivity contribution >= 4 is 32.3 Å². The van der Waals surface area contributed by atoms with Crippen LogP contribution < -0.4 is 0 Å². The highest BCUT2D eigenvalue weighted by Gasteiger charge is 2.07. The second kappa shape index (κ2) is 2.61. The number of aromatic nitrogens is 1. The van der Waals surface area contributed by atoms with Crippen molar-refractivity contribution in [3.05, 3.63) is 34.8 Å². The zero-order valence-corrected chi connectivity index (χ0v) is 9.03. The van der Waals surface area contributed by atoms with Gasteiger partial charge in [0.05, 0.1) is 0 Å². The number of rotatable bonds is 0. The molecule has 0 amide bonds. The summed E-state index contributed by atoms with van der Waals surface area (Å²) in [6, 6.07) is 4.37. The summed E-state index contributed by atoms with van der Waals surface area (Å²) in [7, 11) is 0. The van der Waals surface area contributed by atoms with Gasteiger partial charge in [-0.25, -0.2) is 0 Å². The number of nitrogens with one attached hydrogen (secondary N) is 1. The monoisotopic (exact) mass is 201 g/mol. The Labute approximate surface area is 86.4 Å². The third kappa shape index (κ3) is 0.891. The Kier molecular flexibility index (Phi) is 1.50. The van der Waals surface area contributed by atoms with Crippen LogP contribution in [0.2, 0.25) is 0 Å². The van der Waals surface area contributed by atoms with Crippen LogP contribution >= 0.6 is 11.3 Å². The van der Waals surface area contributed by atoms with Gasteiger partial charge in [0.15, 0.2) is 0 Å². The largest absolute Gasteiger partial charge is 0.361 e. The van der Waals surface area contributed by atoms with Crippen molar-refractivity contribution in [2.75, 3.05) is 0 Å². The zero-order valence-electron chi connectivity index (χ0n) is 8.22. The van der Waals surface area contributed by atoms with E-state index in [1.807, 2.05) is 11.3 Å². The number of hydrogen-bond acceptors (Lipinski definition) is 1. The maximum Gasteiger partial charge on any atom is 0.0463 e. The average molecular weight is 201 g/mol. The molecule has 1 nitrogen and oxygen atoms in total. The molecule has 0 atom stereocenters. The van der Waals surface area contributed by atoms with E-state index in [-0.39, 0.29) is 0 Å². The van der Waals surface area contributed by atoms with E-state index < -0.39 is 0 Å². The van der Waals surface area contributed by atoms with Gasteiger partial charge in [0, 0.05) is 27.2 Å². The number of thiophene rings is 1. The van der Waals surface area contributed by atoms with Crippen LogP contribution in [-0.4, -0.2) is 4.98 Å². The van der Waals surface area contributed by atoms with Crippen molar-refractivity contribution in [2.24, 2.45) is 0 Å². The third-order valence-corrected chi connectivity index (χ3v) is 3.83. The van der Waals surface area contributed by atoms with Gasteiger partial charge >= 0.3 is 0 Å². The van der Waals surface area contributed by atoms with Gasteiger partial charge in [-0.2, -0.15) is 0 Å². The molecule has 2 heteroatoms. The number of fused-ring (bicyclic) bond motifs is 3. The van der Waals surface area contributed by atoms with E-state index in [4.69, 9.17) is 0 Å². The zero-order chi connectivity index (χ0) is 9.71. The maximum absolute atomic E-state index is 3.30. The third-order valence-electron chi connectivity index (χ3n) is 2.76. The molecule has 0 saturated carbocycles. The van der Waals surface area contributed by atoms with Crippen molar-refractivity contribution in [2.45, 2.75) is 13.8 Å². The summed E-state index contributed by atoms with van der Waals surface area (Å²) in [4.78, 5) is 3.30. The first-order valence-corrected chi connectivity index (χ1v) is 5.60. The SMILES string of the molecule is Cc1c[nH]c2ccc3scc(C)c3c12. The van der Waals surface area contributed by atoms with Gasteiger partial charge in [-0.15, -0.1) is 11.3 Å². The van der Waals surface area contributed by atoms with E-state index in [0.29, 0.717) is 0 Å². The van der Waals surface area contributed by atoms with Crippen molar-refractivity contribution < 1.29 is 0 Å². The van der Waals surface area contributed by atoms with Crippen molar-refractivity contribution in [1.29, 1.82) is 0 Å². The lowest BCUT2D eigenvalue weighted by Gasteiger charge is -1.96. The van der Waals surface area contributed by atoms with E-state index in [1.165, 1.54) is 32.1 Å². The van der Waals surface area contributed by atoms with E-state index in [1.54, 1.807) is 0 Å². The Balaban J connectivity index is 2.70. The predicted molar refractivity (Wildman–Crippen MR) is 63.2 cm³/mol. The highest BCUT2D eigenvalue weighted by atomic mass is 32.1. The molecule has 1 aromatic carbocycles. The fourth-order valence-corrected chi connectivity index (χ4v) is 3.02. The second-order valence-corrected chi connectivity index (χ2v) is 4.66. The molecule has 0 radical (unpaired) electrons. The molecule has 0 bridgehead atoms. The number of H-pyrrole nitrogens is 1. The Morgan fingerprint density at radius 1 is 1.07 bits per heavy atom. The fraction of sp³-hybridized carbons (Fsp3) is 0.167. The first-order chi connectivity index (χ1) is 6.77. The van der Waals surface area contributed by atoms with Gasteiger partial charge in [0.2, 0.25) is 0 Å². The Hall–Kier alpha value is -1.28. The van der Waals surface area contributed by atoms with E-state index in [9.17, 15) is 0 Å². The summed E-state index contributed by atoms with van der Waals surface area (Å²) in [5.41, 5.74) is 3.97. The van der Waals surface area contributed by atoms with Crippen LogP contribution in [0.25, 0.3) is 21.0 Å². The van der Waals surface area contributed by atoms with Gasteiger partial charge in [-0.1, -0.05) is 0 Å². The summed E-state index contributed by atoms with van der Waals surface area (Å²) in [6.07, 6.45) is 2.08. The van der Waals surface area contributed by atoms with Crippen molar-refractivity contribution in [3.63, 3.8) is 0 Å². The fourth-order valence-electron chi connectivity index (χ4n) is 2.07. The molecule has 0 spiro atoms. The lowest BCUT2D eigenvalue weighted by atomic mass is 10.1. The molecule has 3 rings (SSSR count). The van der Waals surface area contributed by atoms with Crippen molar-refractivity contribution in [3.8, 4) is 0 Å². The molecule has 1 N–H and O–H groups in total. The average Bonchev–Trinajstić information content (AvgIpc) is 2.72. The summed E-state index contributed by atoms with van der Waals surface area (Å²) >= 11 is 1.83. The predicted octanol–water partition coefficient (Wildman–Crippen LogP) is 4.00. The van der Waals surface area contributed by atoms with Gasteiger partial charge in [0.1, 0.15) is 0 Å². The standard InChI is InChI=1S/C12H11NS/c1-7-5-13-9-3-4-10-12(11(7)9)8(2)6-14-10/h3-6,13H,1-2H3. The summed E-state index contributed by atoms with van der Waals surface area (Å²) < 4.78 is 1.39. The molecule has 2 heterocycles. The molecule has 70 valence electrons. The van der Waals surface area contributed by atoms with Crippen LogP contribution in [0.3, 0.4) is 0 Å². The van der Waals surface area contributed by atoms with Crippen molar-refractivity contribution in [1.82, 2.24) is 4.98 Å². The van der Waals surface area contributed by atoms with Crippen LogP contribution in [0, 0.1) is 13.8 Å². The maximum atomic E-state index is 3.30. The molecule has 0 aliphatic rings. The molecule has 14 heavy (non-hydrogen) atoms. The molecular weight excluding hydrogens is 190 g/mol. The second-order valence-electron chi connectivity index (χ2n) is 3.75. The Bertz CT molecular complexity index is 560. The van der Waals surface area contributed by atoms with Crippen LogP contribution in [-0.2, 0) is 0 Å². The molecule has 0 fully saturated rings. The molecule has 0 aliphatic heterocycles. The smallest absolute Gasteiger partial charge is 0.0463 e. The minimum atomic E-state index is 1.25. The molecule has 3 aromatic rings. The van der Waals surface area contributed by atoms with Crippen LogP contribution in [0.1, 0.15) is 11.1 Å². The minimum Gasteiger partial charge on any atom is -0.361 e. The normalized spacial score (nSPS) is 11.6. The minimum absolute atomic E-state index is 1.25. The van der Waals surface area contributed by atoms with Crippen LogP contribution in [0.4, 0.5) is 0 Å². The topological polar surface area (TPSA) is 15.8 Å². The summed E-state index contributed by atoms with van der Waals surface area (Å²) in [5.74, 6) is 0. The van der Waals surface area contributed by atoms with E-state index in [0.717, 1.165) is 0 Å². The molecule has 0 saturated heterocycles. The lowest BCUT2D eigenvalue weighted by Crippen LogP contribution is -1.73.